The van der Waals surface area contributed by atoms with Crippen LogP contribution in [-0.4, -0.2) is 55.5 Å². The molecule has 2 aliphatic heterocycles. The van der Waals surface area contributed by atoms with Gasteiger partial charge in [-0.25, -0.2) is 4.79 Å². The lowest BCUT2D eigenvalue weighted by Crippen LogP contribution is -2.49. The molecule has 5 heteroatoms. The Bertz CT molecular complexity index is 454. The molecule has 0 aromatic heterocycles. The maximum Gasteiger partial charge on any atom is 0.410 e. The number of carbonyl (C=O) groups excluding carboxylic acids is 1. The average molecular weight is 353 g/mol. The van der Waals surface area contributed by atoms with Crippen molar-refractivity contribution in [1.29, 1.82) is 0 Å². The molecule has 5 nitrogen and oxygen atoms in total. The Kier molecular flexibility index (Phi) is 5.94. The van der Waals surface area contributed by atoms with Crippen molar-refractivity contribution in [2.75, 3.05) is 32.8 Å². The maximum absolute atomic E-state index is 12.3. The highest BCUT2D eigenvalue weighted by molar-refractivity contribution is 5.68. The van der Waals surface area contributed by atoms with E-state index >= 15 is 0 Å². The number of nitrogens with zero attached hydrogens (tertiary/aromatic N) is 1. The highest BCUT2D eigenvalue weighted by Gasteiger charge is 2.43. The van der Waals surface area contributed by atoms with Gasteiger partial charge in [0.25, 0.3) is 0 Å². The van der Waals surface area contributed by atoms with Gasteiger partial charge in [-0.1, -0.05) is 6.42 Å². The van der Waals surface area contributed by atoms with Crippen molar-refractivity contribution >= 4 is 6.09 Å². The molecule has 3 rings (SSSR count). The van der Waals surface area contributed by atoms with Gasteiger partial charge in [0.2, 0.25) is 0 Å². The van der Waals surface area contributed by atoms with Crippen molar-refractivity contribution in [1.82, 2.24) is 10.2 Å². The summed E-state index contributed by atoms with van der Waals surface area (Å²) in [4.78, 5) is 14.2. The molecule has 1 N–H and O–H groups in total. The Labute approximate surface area is 152 Å². The Hall–Kier alpha value is -0.810. The Morgan fingerprint density at radius 2 is 1.96 bits per heavy atom. The summed E-state index contributed by atoms with van der Waals surface area (Å²) in [7, 11) is 0. The van der Waals surface area contributed by atoms with Crippen molar-refractivity contribution in [3.8, 4) is 0 Å². The zero-order chi connectivity index (χ0) is 17.9. The predicted molar refractivity (Wildman–Crippen MR) is 98.7 cm³/mol. The zero-order valence-corrected chi connectivity index (χ0v) is 16.3. The van der Waals surface area contributed by atoms with E-state index in [0.717, 1.165) is 39.3 Å². The van der Waals surface area contributed by atoms with Crippen LogP contribution in [0.5, 0.6) is 0 Å². The second-order valence-corrected chi connectivity index (χ2v) is 9.26. The summed E-state index contributed by atoms with van der Waals surface area (Å²) in [6.45, 7) is 10.3. The second kappa shape index (κ2) is 7.83. The highest BCUT2D eigenvalue weighted by atomic mass is 16.6. The lowest BCUT2D eigenvalue weighted by Gasteiger charge is -2.40. The number of nitrogens with one attached hydrogen (secondary N) is 1. The van der Waals surface area contributed by atoms with Gasteiger partial charge in [0.05, 0.1) is 0 Å². The predicted octanol–water partition coefficient (Wildman–Crippen LogP) is 3.57. The Balaban J connectivity index is 1.49. The molecule has 0 aromatic carbocycles. The van der Waals surface area contributed by atoms with Gasteiger partial charge >= 0.3 is 6.09 Å². The molecule has 2 atom stereocenters. The topological polar surface area (TPSA) is 50.8 Å². The lowest BCUT2D eigenvalue weighted by molar-refractivity contribution is 0.00172. The summed E-state index contributed by atoms with van der Waals surface area (Å²) in [6, 6.07) is 0.633. The Morgan fingerprint density at radius 3 is 2.68 bits per heavy atom. The van der Waals surface area contributed by atoms with Crippen LogP contribution in [0.3, 0.4) is 0 Å². The second-order valence-electron chi connectivity index (χ2n) is 9.26. The first kappa shape index (κ1) is 19.0. The molecule has 3 aliphatic rings. The van der Waals surface area contributed by atoms with Crippen LogP contribution in [0.25, 0.3) is 0 Å². The number of likely N-dealkylation sites (tertiary alicyclic amines) is 1. The first-order valence-electron chi connectivity index (χ1n) is 10.2. The van der Waals surface area contributed by atoms with E-state index in [4.69, 9.17) is 9.47 Å². The molecular formula is C20H36N2O3. The summed E-state index contributed by atoms with van der Waals surface area (Å²) in [5.74, 6) is 0.541. The largest absolute Gasteiger partial charge is 0.444 e. The number of rotatable bonds is 3. The van der Waals surface area contributed by atoms with E-state index in [9.17, 15) is 4.79 Å². The van der Waals surface area contributed by atoms with Crippen LogP contribution in [-0.2, 0) is 9.47 Å². The van der Waals surface area contributed by atoms with Crippen LogP contribution in [0.1, 0.15) is 65.7 Å². The normalized spacial score (nSPS) is 29.8. The van der Waals surface area contributed by atoms with E-state index in [1.54, 1.807) is 0 Å². The Morgan fingerprint density at radius 1 is 1.20 bits per heavy atom. The van der Waals surface area contributed by atoms with E-state index in [1.165, 1.54) is 38.5 Å². The fourth-order valence-electron chi connectivity index (χ4n) is 4.87. The third-order valence-electron chi connectivity index (χ3n) is 6.22. The van der Waals surface area contributed by atoms with Crippen LogP contribution in [0, 0.1) is 11.3 Å². The summed E-state index contributed by atoms with van der Waals surface area (Å²) >= 11 is 0. The molecule has 0 aromatic rings. The van der Waals surface area contributed by atoms with E-state index in [0.29, 0.717) is 17.4 Å². The number of ether oxygens (including phenoxy) is 2. The fourth-order valence-corrected chi connectivity index (χ4v) is 4.87. The lowest BCUT2D eigenvalue weighted by atomic mass is 9.75. The minimum Gasteiger partial charge on any atom is -0.444 e. The fraction of sp³-hybridized carbons (Fsp3) is 0.950. The molecule has 0 radical (unpaired) electrons. The molecule has 1 amide bonds. The van der Waals surface area contributed by atoms with Gasteiger partial charge < -0.3 is 19.7 Å². The molecule has 2 saturated heterocycles. The first-order valence-corrected chi connectivity index (χ1v) is 10.2. The van der Waals surface area contributed by atoms with Gasteiger partial charge in [0.15, 0.2) is 0 Å². The zero-order valence-electron chi connectivity index (χ0n) is 16.3. The minimum absolute atomic E-state index is 0.154. The third kappa shape index (κ3) is 4.88. The smallest absolute Gasteiger partial charge is 0.410 e. The van der Waals surface area contributed by atoms with Gasteiger partial charge in [0, 0.05) is 32.3 Å². The van der Waals surface area contributed by atoms with Crippen molar-refractivity contribution in [3.05, 3.63) is 0 Å². The molecule has 3 fully saturated rings. The SMILES string of the molecule is CC(C)(C)OC(=O)N1CCCC(CNC2CCCC23CCOCC3)C1. The number of piperidine rings is 1. The minimum atomic E-state index is -0.415. The van der Waals surface area contributed by atoms with Gasteiger partial charge in [-0.3, -0.25) is 0 Å². The van der Waals surface area contributed by atoms with E-state index in [-0.39, 0.29) is 6.09 Å². The van der Waals surface area contributed by atoms with Crippen LogP contribution in [0.2, 0.25) is 0 Å². The molecule has 1 saturated carbocycles. The number of carbonyl (C=O) groups is 1. The van der Waals surface area contributed by atoms with Crippen molar-refractivity contribution in [2.24, 2.45) is 11.3 Å². The van der Waals surface area contributed by atoms with Crippen molar-refractivity contribution < 1.29 is 14.3 Å². The summed E-state index contributed by atoms with van der Waals surface area (Å²) < 4.78 is 11.1. The highest BCUT2D eigenvalue weighted by Crippen LogP contribution is 2.46. The summed E-state index contributed by atoms with van der Waals surface area (Å²) in [5, 5.41) is 3.89. The van der Waals surface area contributed by atoms with Gasteiger partial charge in [-0.2, -0.15) is 0 Å². The molecule has 0 bridgehead atoms. The maximum atomic E-state index is 12.3. The molecule has 144 valence electrons. The number of hydrogen-bond donors (Lipinski definition) is 1. The standard InChI is InChI=1S/C20H36N2O3/c1-19(2,3)25-18(23)22-11-5-6-16(15-22)14-21-17-7-4-8-20(17)9-12-24-13-10-20/h16-17,21H,4-15H2,1-3H3. The first-order chi connectivity index (χ1) is 11.9. The third-order valence-corrected chi connectivity index (χ3v) is 6.22. The average Bonchev–Trinajstić information content (AvgIpc) is 2.94. The van der Waals surface area contributed by atoms with Crippen molar-refractivity contribution in [2.45, 2.75) is 77.4 Å². The number of amides is 1. The van der Waals surface area contributed by atoms with Gasteiger partial charge in [0.1, 0.15) is 5.60 Å². The number of hydrogen-bond acceptors (Lipinski definition) is 4. The molecule has 1 spiro atoms. The van der Waals surface area contributed by atoms with E-state index in [2.05, 4.69) is 5.32 Å². The monoisotopic (exact) mass is 352 g/mol. The molecular weight excluding hydrogens is 316 g/mol. The van der Waals surface area contributed by atoms with Crippen LogP contribution < -0.4 is 5.32 Å². The quantitative estimate of drug-likeness (QED) is 0.843. The molecule has 25 heavy (non-hydrogen) atoms. The molecule has 2 unspecified atom stereocenters. The van der Waals surface area contributed by atoms with Crippen LogP contribution >= 0.6 is 0 Å². The van der Waals surface area contributed by atoms with Crippen LogP contribution in [0.4, 0.5) is 4.79 Å². The molecule has 2 heterocycles. The summed E-state index contributed by atoms with van der Waals surface area (Å²) in [6.07, 6.45) is 8.53. The van der Waals surface area contributed by atoms with Crippen LogP contribution in [0.15, 0.2) is 0 Å². The van der Waals surface area contributed by atoms with Gasteiger partial charge in [-0.05, 0) is 77.2 Å². The van der Waals surface area contributed by atoms with Gasteiger partial charge in [-0.15, -0.1) is 0 Å². The van der Waals surface area contributed by atoms with E-state index in [1.807, 2.05) is 25.7 Å². The van der Waals surface area contributed by atoms with E-state index < -0.39 is 5.60 Å². The summed E-state index contributed by atoms with van der Waals surface area (Å²) in [5.41, 5.74) is 0.0549. The molecule has 1 aliphatic carbocycles. The van der Waals surface area contributed by atoms with Crippen molar-refractivity contribution in [3.63, 3.8) is 0 Å².